The summed E-state index contributed by atoms with van der Waals surface area (Å²) in [5.41, 5.74) is 4.42. The van der Waals surface area contributed by atoms with E-state index in [0.29, 0.717) is 11.5 Å². The number of ether oxygens (including phenoxy) is 1. The largest absolute Gasteiger partial charge is 0.497 e. The van der Waals surface area contributed by atoms with Crippen LogP contribution in [0.2, 0.25) is 0 Å². The van der Waals surface area contributed by atoms with Crippen LogP contribution in [-0.4, -0.2) is 24.0 Å². The fourth-order valence-corrected chi connectivity index (χ4v) is 3.10. The van der Waals surface area contributed by atoms with Crippen molar-refractivity contribution < 1.29 is 9.53 Å². The number of fused-ring (bicyclic) bond motifs is 1. The molecule has 0 aliphatic carbocycles. The minimum atomic E-state index is -0.0579. The molecule has 0 saturated carbocycles. The third-order valence-corrected chi connectivity index (χ3v) is 5.12. The van der Waals surface area contributed by atoms with Gasteiger partial charge in [0, 0.05) is 17.0 Å². The Bertz CT molecular complexity index is 978. The van der Waals surface area contributed by atoms with Gasteiger partial charge in [-0.3, -0.25) is 4.79 Å². The van der Waals surface area contributed by atoms with Gasteiger partial charge in [0.2, 0.25) is 0 Å². The number of benzene rings is 2. The van der Waals surface area contributed by atoms with Crippen LogP contribution in [0.3, 0.4) is 0 Å². The average Bonchev–Trinajstić information content (AvgIpc) is 2.72. The minimum absolute atomic E-state index is 0.0579. The second-order valence-electron chi connectivity index (χ2n) is 7.50. The Morgan fingerprint density at radius 3 is 2.39 bits per heavy atom. The third kappa shape index (κ3) is 4.16. The molecular weight excluding hydrogens is 348 g/mol. The number of nitrogens with one attached hydrogen (secondary N) is 1. The number of carbonyl (C=O) groups is 1. The van der Waals surface area contributed by atoms with E-state index in [9.17, 15) is 4.79 Å². The maximum absolute atomic E-state index is 13.0. The van der Waals surface area contributed by atoms with Gasteiger partial charge in [0.15, 0.2) is 0 Å². The van der Waals surface area contributed by atoms with E-state index in [-0.39, 0.29) is 11.9 Å². The second kappa shape index (κ2) is 8.42. The molecule has 3 aromatic rings. The summed E-state index contributed by atoms with van der Waals surface area (Å²) in [6.45, 7) is 8.39. The highest BCUT2D eigenvalue weighted by Gasteiger charge is 2.16. The van der Waals surface area contributed by atoms with E-state index >= 15 is 0 Å². The molecule has 3 rings (SSSR count). The Hall–Kier alpha value is -2.88. The zero-order valence-corrected chi connectivity index (χ0v) is 17.2. The van der Waals surface area contributed by atoms with Gasteiger partial charge in [0.05, 0.1) is 23.9 Å². The first-order valence-corrected chi connectivity index (χ1v) is 9.83. The third-order valence-electron chi connectivity index (χ3n) is 5.12. The van der Waals surface area contributed by atoms with Gasteiger partial charge in [-0.1, -0.05) is 26.8 Å². The number of hydrogen-bond donors (Lipinski definition) is 1. The van der Waals surface area contributed by atoms with Crippen LogP contribution in [0.1, 0.15) is 56.0 Å². The topological polar surface area (TPSA) is 51.2 Å². The van der Waals surface area contributed by atoms with Crippen LogP contribution in [0, 0.1) is 0 Å². The summed E-state index contributed by atoms with van der Waals surface area (Å²) < 4.78 is 5.24. The number of nitrogens with zero attached hydrogens (tertiary/aromatic N) is 1. The maximum Gasteiger partial charge on any atom is 0.252 e. The summed E-state index contributed by atoms with van der Waals surface area (Å²) in [4.78, 5) is 17.9. The van der Waals surface area contributed by atoms with Crippen molar-refractivity contribution in [1.29, 1.82) is 0 Å². The molecule has 1 atom stereocenters. The summed E-state index contributed by atoms with van der Waals surface area (Å²) in [6, 6.07) is 15.9. The molecular formula is C24H28N2O2. The van der Waals surface area contributed by atoms with Gasteiger partial charge >= 0.3 is 0 Å². The quantitative estimate of drug-likeness (QED) is 0.612. The molecule has 0 aliphatic rings. The molecule has 1 aromatic heterocycles. The summed E-state index contributed by atoms with van der Waals surface area (Å²) in [5, 5.41) is 3.99. The van der Waals surface area contributed by atoms with E-state index in [1.165, 1.54) is 5.56 Å². The van der Waals surface area contributed by atoms with E-state index in [1.807, 2.05) is 43.3 Å². The smallest absolute Gasteiger partial charge is 0.252 e. The first kappa shape index (κ1) is 19.9. The van der Waals surface area contributed by atoms with Crippen LogP contribution in [0.15, 0.2) is 48.5 Å². The Morgan fingerprint density at radius 1 is 1.07 bits per heavy atom. The second-order valence-corrected chi connectivity index (χ2v) is 7.50. The Balaban J connectivity index is 2.16. The molecule has 0 saturated heterocycles. The molecule has 0 aliphatic heterocycles. The monoisotopic (exact) mass is 376 g/mol. The molecule has 2 aromatic carbocycles. The van der Waals surface area contributed by atoms with E-state index in [2.05, 4.69) is 38.2 Å². The van der Waals surface area contributed by atoms with Crippen molar-refractivity contribution in [3.8, 4) is 17.0 Å². The summed E-state index contributed by atoms with van der Waals surface area (Å²) >= 11 is 0. The summed E-state index contributed by atoms with van der Waals surface area (Å²) in [5.74, 6) is 1.12. The van der Waals surface area contributed by atoms with Crippen LogP contribution in [0.25, 0.3) is 22.2 Å². The first-order chi connectivity index (χ1) is 13.4. The number of methoxy groups -OCH3 is 1. The highest BCUT2D eigenvalue weighted by atomic mass is 16.5. The van der Waals surface area contributed by atoms with Crippen molar-refractivity contribution in [1.82, 2.24) is 10.3 Å². The van der Waals surface area contributed by atoms with Crippen LogP contribution in [0.5, 0.6) is 5.75 Å². The van der Waals surface area contributed by atoms with Crippen molar-refractivity contribution in [3.05, 3.63) is 59.7 Å². The van der Waals surface area contributed by atoms with Crippen molar-refractivity contribution >= 4 is 16.8 Å². The fourth-order valence-electron chi connectivity index (χ4n) is 3.10. The molecule has 1 N–H and O–H groups in total. The van der Waals surface area contributed by atoms with Gasteiger partial charge in [0.1, 0.15) is 5.75 Å². The van der Waals surface area contributed by atoms with E-state index < -0.39 is 0 Å². The molecule has 1 unspecified atom stereocenters. The minimum Gasteiger partial charge on any atom is -0.497 e. The van der Waals surface area contributed by atoms with Gasteiger partial charge in [-0.05, 0) is 67.3 Å². The SMILES string of the molecule is CCC(C)NC(=O)c1cc(-c2ccc(OC)cc2)nc2ccc(C(C)C)cc12. The Labute approximate surface area is 166 Å². The molecule has 146 valence electrons. The number of amides is 1. The van der Waals surface area contributed by atoms with E-state index in [4.69, 9.17) is 9.72 Å². The summed E-state index contributed by atoms with van der Waals surface area (Å²) in [7, 11) is 1.65. The molecule has 4 nitrogen and oxygen atoms in total. The fraction of sp³-hybridized carbons (Fsp3) is 0.333. The molecule has 1 heterocycles. The Kier molecular flexibility index (Phi) is 5.98. The van der Waals surface area contributed by atoms with Gasteiger partial charge < -0.3 is 10.1 Å². The lowest BCUT2D eigenvalue weighted by Gasteiger charge is -2.15. The van der Waals surface area contributed by atoms with Crippen molar-refractivity contribution in [2.24, 2.45) is 0 Å². The summed E-state index contributed by atoms with van der Waals surface area (Å²) in [6.07, 6.45) is 0.886. The predicted molar refractivity (Wildman–Crippen MR) is 115 cm³/mol. The van der Waals surface area contributed by atoms with Crippen LogP contribution in [-0.2, 0) is 0 Å². The lowest BCUT2D eigenvalue weighted by atomic mass is 9.97. The number of rotatable bonds is 6. The molecule has 0 fully saturated rings. The van der Waals surface area contributed by atoms with Crippen LogP contribution in [0.4, 0.5) is 0 Å². The van der Waals surface area contributed by atoms with Crippen molar-refractivity contribution in [2.75, 3.05) is 7.11 Å². The number of carbonyl (C=O) groups excluding carboxylic acids is 1. The van der Waals surface area contributed by atoms with Crippen LogP contribution < -0.4 is 10.1 Å². The first-order valence-electron chi connectivity index (χ1n) is 9.83. The van der Waals surface area contributed by atoms with Gasteiger partial charge in [-0.2, -0.15) is 0 Å². The zero-order valence-electron chi connectivity index (χ0n) is 17.2. The van der Waals surface area contributed by atoms with E-state index in [0.717, 1.165) is 34.3 Å². The number of hydrogen-bond acceptors (Lipinski definition) is 3. The normalized spacial score (nSPS) is 12.2. The number of pyridine rings is 1. The number of aromatic nitrogens is 1. The standard InChI is InChI=1S/C24H28N2O2/c1-6-16(4)25-24(27)21-14-23(17-7-10-19(28-5)11-8-17)26-22-12-9-18(15(2)3)13-20(21)22/h7-16H,6H2,1-5H3,(H,25,27). The van der Waals surface area contributed by atoms with Crippen LogP contribution >= 0.6 is 0 Å². The van der Waals surface area contributed by atoms with Gasteiger partial charge in [-0.25, -0.2) is 4.98 Å². The van der Waals surface area contributed by atoms with Crippen molar-refractivity contribution in [2.45, 2.75) is 46.1 Å². The zero-order chi connectivity index (χ0) is 20.3. The van der Waals surface area contributed by atoms with Gasteiger partial charge in [-0.15, -0.1) is 0 Å². The highest BCUT2D eigenvalue weighted by Crippen LogP contribution is 2.28. The Morgan fingerprint density at radius 2 is 1.79 bits per heavy atom. The van der Waals surface area contributed by atoms with Gasteiger partial charge in [0.25, 0.3) is 5.91 Å². The lowest BCUT2D eigenvalue weighted by Crippen LogP contribution is -2.32. The molecule has 28 heavy (non-hydrogen) atoms. The highest BCUT2D eigenvalue weighted by molar-refractivity contribution is 6.07. The average molecular weight is 377 g/mol. The molecule has 0 bridgehead atoms. The molecule has 0 spiro atoms. The van der Waals surface area contributed by atoms with E-state index in [1.54, 1.807) is 7.11 Å². The molecule has 1 amide bonds. The van der Waals surface area contributed by atoms with Crippen molar-refractivity contribution in [3.63, 3.8) is 0 Å². The maximum atomic E-state index is 13.0. The molecule has 4 heteroatoms. The predicted octanol–water partition coefficient (Wildman–Crippen LogP) is 5.56. The lowest BCUT2D eigenvalue weighted by molar-refractivity contribution is 0.0941. The molecule has 0 radical (unpaired) electrons.